The molecule has 0 spiro atoms. The Morgan fingerprint density at radius 3 is 3.14 bits per heavy atom. The summed E-state index contributed by atoms with van der Waals surface area (Å²) in [6.45, 7) is 5.89. The van der Waals surface area contributed by atoms with Crippen molar-refractivity contribution in [2.75, 3.05) is 6.61 Å². The molecule has 0 amide bonds. The second kappa shape index (κ2) is 5.05. The molecule has 0 unspecified atom stereocenters. The quantitative estimate of drug-likeness (QED) is 0.442. The molecule has 1 aromatic heterocycles. The second-order valence-corrected chi connectivity index (χ2v) is 2.74. The molecule has 0 saturated heterocycles. The number of rotatable bonds is 4. The first kappa shape index (κ1) is 10.3. The highest BCUT2D eigenvalue weighted by atomic mass is 16.6. The van der Waals surface area contributed by atoms with Crippen LogP contribution in [-0.4, -0.2) is 11.6 Å². The standard InChI is InChI=1S/C11H12N2O/c1-4-8-14-13-10(3)11-7-5-6-9(2)12-11/h1,5-7,13H,3,8H2,2H3. The largest absolute Gasteiger partial charge is 0.264 e. The number of hydrogen-bond acceptors (Lipinski definition) is 3. The fourth-order valence-corrected chi connectivity index (χ4v) is 0.928. The fourth-order valence-electron chi connectivity index (χ4n) is 0.928. The molecule has 0 atom stereocenters. The molecule has 0 bridgehead atoms. The summed E-state index contributed by atoms with van der Waals surface area (Å²) in [5, 5.41) is 0. The zero-order chi connectivity index (χ0) is 10.4. The van der Waals surface area contributed by atoms with E-state index in [-0.39, 0.29) is 6.61 Å². The molecule has 0 fully saturated rings. The highest BCUT2D eigenvalue weighted by molar-refractivity contribution is 5.57. The van der Waals surface area contributed by atoms with Crippen LogP contribution in [0.15, 0.2) is 24.8 Å². The number of hydrogen-bond donors (Lipinski definition) is 1. The highest BCUT2D eigenvalue weighted by Crippen LogP contribution is 2.06. The average molecular weight is 188 g/mol. The van der Waals surface area contributed by atoms with Crippen molar-refractivity contribution in [3.05, 3.63) is 36.2 Å². The molecule has 0 saturated carbocycles. The van der Waals surface area contributed by atoms with Crippen LogP contribution in [0, 0.1) is 19.3 Å². The van der Waals surface area contributed by atoms with Crippen LogP contribution in [-0.2, 0) is 4.84 Å². The minimum Gasteiger partial charge on any atom is -0.264 e. The molecule has 3 heteroatoms. The molecule has 0 aliphatic rings. The Bertz CT molecular complexity index is 366. The molecule has 3 nitrogen and oxygen atoms in total. The van der Waals surface area contributed by atoms with Crippen molar-refractivity contribution in [3.63, 3.8) is 0 Å². The van der Waals surface area contributed by atoms with Crippen molar-refractivity contribution in [1.82, 2.24) is 10.5 Å². The SMILES string of the molecule is C#CCONC(=C)c1cccc(C)n1. The van der Waals surface area contributed by atoms with Crippen LogP contribution in [0.4, 0.5) is 0 Å². The van der Waals surface area contributed by atoms with Gasteiger partial charge in [0.2, 0.25) is 0 Å². The summed E-state index contributed by atoms with van der Waals surface area (Å²) < 4.78 is 0. The monoisotopic (exact) mass is 188 g/mol. The van der Waals surface area contributed by atoms with Gasteiger partial charge in [0.05, 0.1) is 11.4 Å². The molecule has 0 aliphatic carbocycles. The van der Waals surface area contributed by atoms with Crippen molar-refractivity contribution >= 4 is 5.70 Å². The maximum Gasteiger partial charge on any atom is 0.135 e. The van der Waals surface area contributed by atoms with Crippen LogP contribution in [0.1, 0.15) is 11.4 Å². The van der Waals surface area contributed by atoms with Gasteiger partial charge in [0, 0.05) is 5.69 Å². The molecule has 0 radical (unpaired) electrons. The lowest BCUT2D eigenvalue weighted by atomic mass is 10.3. The van der Waals surface area contributed by atoms with E-state index in [1.807, 2.05) is 25.1 Å². The van der Waals surface area contributed by atoms with Crippen LogP contribution in [0.25, 0.3) is 5.70 Å². The lowest BCUT2D eigenvalue weighted by Crippen LogP contribution is -2.13. The van der Waals surface area contributed by atoms with Crippen molar-refractivity contribution in [3.8, 4) is 12.3 Å². The zero-order valence-electron chi connectivity index (χ0n) is 8.08. The van der Waals surface area contributed by atoms with Crippen molar-refractivity contribution in [2.24, 2.45) is 0 Å². The van der Waals surface area contributed by atoms with Crippen LogP contribution < -0.4 is 5.48 Å². The molecule has 1 N–H and O–H groups in total. The van der Waals surface area contributed by atoms with Crippen LogP contribution in [0.3, 0.4) is 0 Å². The number of aryl methyl sites for hydroxylation is 1. The molecule has 14 heavy (non-hydrogen) atoms. The number of hydroxylamine groups is 1. The third kappa shape index (κ3) is 2.92. The number of nitrogens with one attached hydrogen (secondary N) is 1. The third-order valence-electron chi connectivity index (χ3n) is 1.55. The first-order chi connectivity index (χ1) is 6.74. The maximum atomic E-state index is 5.02. The van der Waals surface area contributed by atoms with Gasteiger partial charge in [-0.15, -0.1) is 6.42 Å². The van der Waals surface area contributed by atoms with Gasteiger partial charge in [-0.1, -0.05) is 18.6 Å². The summed E-state index contributed by atoms with van der Waals surface area (Å²) in [5.74, 6) is 2.34. The van der Waals surface area contributed by atoms with E-state index in [0.717, 1.165) is 11.4 Å². The Labute approximate surface area is 83.8 Å². The van der Waals surface area contributed by atoms with Crippen molar-refractivity contribution < 1.29 is 4.84 Å². The topological polar surface area (TPSA) is 34.1 Å². The Balaban J connectivity index is 2.57. The Morgan fingerprint density at radius 1 is 1.71 bits per heavy atom. The van der Waals surface area contributed by atoms with Gasteiger partial charge in [0.1, 0.15) is 6.61 Å². The summed E-state index contributed by atoms with van der Waals surface area (Å²) in [6.07, 6.45) is 5.02. The predicted octanol–water partition coefficient (Wildman–Crippen LogP) is 1.52. The molecular formula is C11H12N2O. The van der Waals surface area contributed by atoms with Crippen LogP contribution >= 0.6 is 0 Å². The average Bonchev–Trinajstić information content (AvgIpc) is 2.18. The first-order valence-electron chi connectivity index (χ1n) is 4.18. The van der Waals surface area contributed by atoms with Gasteiger partial charge < -0.3 is 0 Å². The molecular weight excluding hydrogens is 176 g/mol. The van der Waals surface area contributed by atoms with E-state index in [2.05, 4.69) is 23.0 Å². The van der Waals surface area contributed by atoms with Gasteiger partial charge in [-0.3, -0.25) is 15.3 Å². The number of pyridine rings is 1. The lowest BCUT2D eigenvalue weighted by Gasteiger charge is -2.07. The van der Waals surface area contributed by atoms with E-state index in [0.29, 0.717) is 5.70 Å². The summed E-state index contributed by atoms with van der Waals surface area (Å²) in [6, 6.07) is 5.67. The molecule has 72 valence electrons. The van der Waals surface area contributed by atoms with E-state index in [4.69, 9.17) is 11.3 Å². The zero-order valence-corrected chi connectivity index (χ0v) is 8.08. The normalized spacial score (nSPS) is 9.14. The van der Waals surface area contributed by atoms with E-state index in [9.17, 15) is 0 Å². The Hall–Kier alpha value is -1.79. The van der Waals surface area contributed by atoms with Gasteiger partial charge >= 0.3 is 0 Å². The molecule has 1 rings (SSSR count). The van der Waals surface area contributed by atoms with E-state index in [1.54, 1.807) is 0 Å². The van der Waals surface area contributed by atoms with Gasteiger partial charge in [0.15, 0.2) is 0 Å². The minimum atomic E-state index is 0.199. The van der Waals surface area contributed by atoms with E-state index < -0.39 is 0 Å². The van der Waals surface area contributed by atoms with Gasteiger partial charge in [0.25, 0.3) is 0 Å². The van der Waals surface area contributed by atoms with Crippen LogP contribution in [0.5, 0.6) is 0 Å². The summed E-state index contributed by atoms with van der Waals surface area (Å²) in [7, 11) is 0. The van der Waals surface area contributed by atoms with Crippen molar-refractivity contribution in [2.45, 2.75) is 6.92 Å². The minimum absolute atomic E-state index is 0.199. The second-order valence-electron chi connectivity index (χ2n) is 2.74. The van der Waals surface area contributed by atoms with Crippen LogP contribution in [0.2, 0.25) is 0 Å². The van der Waals surface area contributed by atoms with Gasteiger partial charge in [-0.2, -0.15) is 0 Å². The molecule has 0 aliphatic heterocycles. The fraction of sp³-hybridized carbons (Fsp3) is 0.182. The Morgan fingerprint density at radius 2 is 2.50 bits per heavy atom. The summed E-state index contributed by atoms with van der Waals surface area (Å²) in [4.78, 5) is 9.17. The van der Waals surface area contributed by atoms with Crippen molar-refractivity contribution in [1.29, 1.82) is 0 Å². The lowest BCUT2D eigenvalue weighted by molar-refractivity contribution is 0.108. The summed E-state index contributed by atoms with van der Waals surface area (Å²) in [5.41, 5.74) is 4.91. The van der Waals surface area contributed by atoms with Gasteiger partial charge in [-0.25, -0.2) is 0 Å². The number of terminal acetylenes is 1. The highest BCUT2D eigenvalue weighted by Gasteiger charge is 1.99. The first-order valence-corrected chi connectivity index (χ1v) is 4.18. The maximum absolute atomic E-state index is 5.02. The smallest absolute Gasteiger partial charge is 0.135 e. The predicted molar refractivity (Wildman–Crippen MR) is 55.9 cm³/mol. The molecule has 0 aromatic carbocycles. The van der Waals surface area contributed by atoms with E-state index in [1.165, 1.54) is 0 Å². The molecule has 1 heterocycles. The summed E-state index contributed by atoms with van der Waals surface area (Å²) >= 11 is 0. The third-order valence-corrected chi connectivity index (χ3v) is 1.55. The van der Waals surface area contributed by atoms with Gasteiger partial charge in [-0.05, 0) is 19.1 Å². The Kier molecular flexibility index (Phi) is 3.71. The number of aromatic nitrogens is 1. The molecule has 1 aromatic rings. The van der Waals surface area contributed by atoms with E-state index >= 15 is 0 Å². The number of nitrogens with zero attached hydrogens (tertiary/aromatic N) is 1.